The van der Waals surface area contributed by atoms with Crippen LogP contribution in [0.2, 0.25) is 0 Å². The fraction of sp³-hybridized carbons (Fsp3) is 0.250. The molecule has 1 aliphatic rings. The Labute approximate surface area is 235 Å². The van der Waals surface area contributed by atoms with Gasteiger partial charge in [-0.25, -0.2) is 19.3 Å². The first kappa shape index (κ1) is 24.9. The second kappa shape index (κ2) is 8.80. The average Bonchev–Trinajstić information content (AvgIpc) is 3.75. The Morgan fingerprint density at radius 2 is 1.88 bits per heavy atom. The molecule has 8 rings (SSSR count). The summed E-state index contributed by atoms with van der Waals surface area (Å²) < 4.78 is 11.5. The van der Waals surface area contributed by atoms with Crippen LogP contribution in [0.5, 0.6) is 0 Å². The highest BCUT2D eigenvalue weighted by atomic mass is 16.7. The molecule has 14 heteroatoms. The van der Waals surface area contributed by atoms with E-state index in [1.165, 1.54) is 6.20 Å². The fourth-order valence-corrected chi connectivity index (χ4v) is 6.18. The summed E-state index contributed by atoms with van der Waals surface area (Å²) in [5.41, 5.74) is 5.84. The van der Waals surface area contributed by atoms with E-state index >= 15 is 0 Å². The van der Waals surface area contributed by atoms with Gasteiger partial charge in [-0.1, -0.05) is 6.07 Å². The summed E-state index contributed by atoms with van der Waals surface area (Å²) in [5.74, 6) is 0. The Morgan fingerprint density at radius 3 is 2.69 bits per heavy atom. The molecule has 14 nitrogen and oxygen atoms in total. The molecular weight excluding hydrogens is 542 g/mol. The highest BCUT2D eigenvalue weighted by molar-refractivity contribution is 6.15. The number of aliphatic hydroxyl groups is 3. The third-order valence-electron chi connectivity index (χ3n) is 8.12. The Bertz CT molecular complexity index is 2220. The summed E-state index contributed by atoms with van der Waals surface area (Å²) in [7, 11) is 1.75. The minimum Gasteiger partial charge on any atom is -0.381 e. The number of aromatic amines is 1. The quantitative estimate of drug-likeness (QED) is 0.231. The summed E-state index contributed by atoms with van der Waals surface area (Å²) >= 11 is 0. The fourth-order valence-electron chi connectivity index (χ4n) is 6.18. The van der Waals surface area contributed by atoms with E-state index in [2.05, 4.69) is 20.2 Å². The highest BCUT2D eigenvalue weighted by Gasteiger charge is 2.29. The molecule has 0 atom stereocenters. The second-order valence-corrected chi connectivity index (χ2v) is 10.5. The minimum absolute atomic E-state index is 0.0436. The van der Waals surface area contributed by atoms with Crippen molar-refractivity contribution in [3.8, 4) is 22.4 Å². The maximum absolute atomic E-state index is 13.7. The van der Waals surface area contributed by atoms with Crippen LogP contribution >= 0.6 is 0 Å². The van der Waals surface area contributed by atoms with Crippen molar-refractivity contribution in [2.24, 2.45) is 7.05 Å². The van der Waals surface area contributed by atoms with Crippen molar-refractivity contribution in [1.82, 2.24) is 43.5 Å². The van der Waals surface area contributed by atoms with Crippen molar-refractivity contribution in [2.45, 2.75) is 25.0 Å². The average molecular weight is 568 g/mol. The molecule has 1 saturated heterocycles. The number of aromatic nitrogens is 9. The number of benzene rings is 1. The van der Waals surface area contributed by atoms with Crippen LogP contribution in [0.4, 0.5) is 0 Å². The van der Waals surface area contributed by atoms with Crippen LogP contribution in [-0.2, 0) is 17.9 Å². The number of hydrogen-bond donors (Lipinski definition) is 4. The Hall–Kier alpha value is -4.89. The number of nitrogens with zero attached hydrogens (tertiary/aromatic N) is 8. The van der Waals surface area contributed by atoms with Gasteiger partial charge in [0.25, 0.3) is 0 Å². The van der Waals surface area contributed by atoms with Crippen molar-refractivity contribution in [3.63, 3.8) is 0 Å². The standard InChI is InChI=1S/C28H25N9O5/c1-34-20-14-30-25-22(24(20)36(27(34)38)17-5-9-42-10-6-17)21(23(33-25)18-13-31-35-8-2-7-29-26(18)35)15-3-4-19-16(11-15)12-32-37(19)28(39,40)41/h2-4,7-8,11-14,17,39-41H,5-6,9-10H2,1H3,(H,30,33). The minimum atomic E-state index is -3.15. The van der Waals surface area contributed by atoms with Crippen molar-refractivity contribution >= 4 is 38.6 Å². The van der Waals surface area contributed by atoms with Gasteiger partial charge in [-0.2, -0.15) is 14.9 Å². The number of hydrogen-bond acceptors (Lipinski definition) is 9. The van der Waals surface area contributed by atoms with E-state index in [0.29, 0.717) is 59.5 Å². The first-order chi connectivity index (χ1) is 20.3. The smallest absolute Gasteiger partial charge is 0.381 e. The Morgan fingerprint density at radius 1 is 1.05 bits per heavy atom. The summed E-state index contributed by atoms with van der Waals surface area (Å²) in [5, 5.41) is 39.1. The first-order valence-electron chi connectivity index (χ1n) is 13.4. The van der Waals surface area contributed by atoms with Gasteiger partial charge < -0.3 is 25.0 Å². The number of imidazole rings is 1. The Balaban J connectivity index is 1.50. The number of pyridine rings is 1. The molecule has 0 bridgehead atoms. The molecule has 0 amide bonds. The summed E-state index contributed by atoms with van der Waals surface area (Å²) in [6, 6.07) is 7.05. The van der Waals surface area contributed by atoms with Crippen molar-refractivity contribution < 1.29 is 20.1 Å². The topological polar surface area (TPSA) is 174 Å². The molecule has 0 unspecified atom stereocenters. The van der Waals surface area contributed by atoms with Crippen molar-refractivity contribution in [2.75, 3.05) is 13.2 Å². The van der Waals surface area contributed by atoms with Crippen LogP contribution in [0.1, 0.15) is 18.9 Å². The number of ether oxygens (including phenoxy) is 1. The van der Waals surface area contributed by atoms with Crippen LogP contribution in [0.25, 0.3) is 61.0 Å². The van der Waals surface area contributed by atoms with E-state index in [9.17, 15) is 20.1 Å². The number of rotatable bonds is 4. The van der Waals surface area contributed by atoms with Gasteiger partial charge in [0.1, 0.15) is 5.65 Å². The molecule has 0 aliphatic carbocycles. The lowest BCUT2D eigenvalue weighted by Gasteiger charge is -2.23. The van der Waals surface area contributed by atoms with Crippen LogP contribution in [0.3, 0.4) is 0 Å². The summed E-state index contributed by atoms with van der Waals surface area (Å²) in [6.45, 7) is 1.15. The van der Waals surface area contributed by atoms with Crippen LogP contribution < -0.4 is 5.69 Å². The van der Waals surface area contributed by atoms with Gasteiger partial charge in [0, 0.05) is 49.6 Å². The number of H-pyrrole nitrogens is 1. The first-order valence-corrected chi connectivity index (χ1v) is 13.4. The lowest BCUT2D eigenvalue weighted by molar-refractivity contribution is -0.378. The Kier molecular flexibility index (Phi) is 5.21. The van der Waals surface area contributed by atoms with E-state index in [1.54, 1.807) is 52.9 Å². The molecule has 0 radical (unpaired) electrons. The zero-order valence-electron chi connectivity index (χ0n) is 22.3. The van der Waals surface area contributed by atoms with Crippen LogP contribution in [0, 0.1) is 0 Å². The van der Waals surface area contributed by atoms with E-state index < -0.39 is 6.10 Å². The molecule has 1 aliphatic heterocycles. The van der Waals surface area contributed by atoms with Gasteiger partial charge in [-0.3, -0.25) is 9.13 Å². The summed E-state index contributed by atoms with van der Waals surface area (Å²) in [6.07, 6.45) is 6.67. The second-order valence-electron chi connectivity index (χ2n) is 10.5. The molecule has 7 heterocycles. The van der Waals surface area contributed by atoms with E-state index in [1.807, 2.05) is 16.8 Å². The molecule has 1 fully saturated rings. The van der Waals surface area contributed by atoms with Gasteiger partial charge in [0.15, 0.2) is 5.65 Å². The molecule has 4 N–H and O–H groups in total. The number of fused-ring (bicyclic) bond motifs is 5. The molecule has 1 aromatic carbocycles. The van der Waals surface area contributed by atoms with Gasteiger partial charge in [-0.15, -0.1) is 0 Å². The molecule has 7 aromatic rings. The predicted molar refractivity (Wildman–Crippen MR) is 151 cm³/mol. The third-order valence-corrected chi connectivity index (χ3v) is 8.12. The monoisotopic (exact) mass is 567 g/mol. The molecule has 42 heavy (non-hydrogen) atoms. The van der Waals surface area contributed by atoms with Gasteiger partial charge in [-0.05, 0) is 36.6 Å². The maximum atomic E-state index is 13.7. The normalized spacial score (nSPS) is 15.1. The van der Waals surface area contributed by atoms with Gasteiger partial charge >= 0.3 is 11.8 Å². The molecule has 0 saturated carbocycles. The van der Waals surface area contributed by atoms with E-state index in [0.717, 1.165) is 32.3 Å². The summed E-state index contributed by atoms with van der Waals surface area (Å²) in [4.78, 5) is 26.5. The van der Waals surface area contributed by atoms with Crippen LogP contribution in [-0.4, -0.2) is 72.0 Å². The van der Waals surface area contributed by atoms with Crippen LogP contribution in [0.15, 0.2) is 60.0 Å². The highest BCUT2D eigenvalue weighted by Crippen LogP contribution is 2.43. The molecular formula is C28H25N9O5. The lowest BCUT2D eigenvalue weighted by atomic mass is 9.98. The largest absolute Gasteiger partial charge is 0.389 e. The van der Waals surface area contributed by atoms with Crippen molar-refractivity contribution in [1.29, 1.82) is 0 Å². The zero-order valence-corrected chi connectivity index (χ0v) is 22.3. The molecule has 0 spiro atoms. The van der Waals surface area contributed by atoms with Gasteiger partial charge in [0.05, 0.1) is 51.8 Å². The maximum Gasteiger partial charge on any atom is 0.389 e. The number of nitrogens with one attached hydrogen (secondary N) is 1. The van der Waals surface area contributed by atoms with E-state index in [4.69, 9.17) is 9.72 Å². The number of aryl methyl sites for hydroxylation is 1. The van der Waals surface area contributed by atoms with E-state index in [-0.39, 0.29) is 11.7 Å². The SMILES string of the molecule is Cn1c(=O)n(C2CCOCC2)c2c3c(-c4ccc5c(cnn5C(O)(O)O)c4)c(-c4cnn5cccnc45)[nH]c3ncc21. The lowest BCUT2D eigenvalue weighted by Crippen LogP contribution is -2.33. The molecule has 212 valence electrons. The van der Waals surface area contributed by atoms with Crippen molar-refractivity contribution in [3.05, 3.63) is 65.7 Å². The third kappa shape index (κ3) is 3.50. The predicted octanol–water partition coefficient (Wildman–Crippen LogP) is 1.84. The molecule has 6 aromatic heterocycles. The zero-order chi connectivity index (χ0) is 28.7. The van der Waals surface area contributed by atoms with Gasteiger partial charge in [0.2, 0.25) is 0 Å².